The van der Waals surface area contributed by atoms with Gasteiger partial charge < -0.3 is 9.64 Å². The fraction of sp³-hybridized carbons (Fsp3) is 0.667. The van der Waals surface area contributed by atoms with E-state index in [9.17, 15) is 0 Å². The summed E-state index contributed by atoms with van der Waals surface area (Å²) >= 11 is 3.49. The van der Waals surface area contributed by atoms with E-state index in [1.807, 2.05) is 19.9 Å². The van der Waals surface area contributed by atoms with Gasteiger partial charge >= 0.3 is 0 Å². The van der Waals surface area contributed by atoms with Crippen molar-refractivity contribution in [3.05, 3.63) is 11.9 Å². The zero-order valence-electron chi connectivity index (χ0n) is 10.3. The van der Waals surface area contributed by atoms with Crippen molar-refractivity contribution in [2.24, 2.45) is 0 Å². The normalized spacial score (nSPS) is 14.8. The van der Waals surface area contributed by atoms with Crippen LogP contribution in [-0.4, -0.2) is 34.5 Å². The van der Waals surface area contributed by atoms with Gasteiger partial charge in [0.05, 0.1) is 6.61 Å². The number of anilines is 1. The van der Waals surface area contributed by atoms with Crippen LogP contribution in [0.3, 0.4) is 0 Å². The molecule has 1 saturated carbocycles. The van der Waals surface area contributed by atoms with Crippen LogP contribution in [0.25, 0.3) is 0 Å². The first kappa shape index (κ1) is 12.6. The lowest BCUT2D eigenvalue weighted by molar-refractivity contribution is 0.325. The first-order chi connectivity index (χ1) is 8.24. The topological polar surface area (TPSA) is 38.2 Å². The van der Waals surface area contributed by atoms with Crippen LogP contribution in [-0.2, 0) is 0 Å². The van der Waals surface area contributed by atoms with Crippen LogP contribution in [0.5, 0.6) is 5.88 Å². The van der Waals surface area contributed by atoms with E-state index in [0.29, 0.717) is 18.5 Å². The lowest BCUT2D eigenvalue weighted by Gasteiger charge is -2.23. The number of hydrogen-bond acceptors (Lipinski definition) is 4. The second kappa shape index (κ2) is 5.67. The Morgan fingerprint density at radius 3 is 2.82 bits per heavy atom. The van der Waals surface area contributed by atoms with Crippen molar-refractivity contribution in [1.29, 1.82) is 0 Å². The minimum atomic E-state index is 0.637. The Kier molecular flexibility index (Phi) is 4.20. The van der Waals surface area contributed by atoms with E-state index in [2.05, 4.69) is 30.8 Å². The Morgan fingerprint density at radius 2 is 2.24 bits per heavy atom. The van der Waals surface area contributed by atoms with Crippen LogP contribution in [0.1, 0.15) is 25.6 Å². The first-order valence-electron chi connectivity index (χ1n) is 6.05. The molecule has 0 unspecified atom stereocenters. The maximum absolute atomic E-state index is 5.47. The van der Waals surface area contributed by atoms with Gasteiger partial charge in [-0.2, -0.15) is 4.98 Å². The Balaban J connectivity index is 2.22. The van der Waals surface area contributed by atoms with Gasteiger partial charge in [-0.1, -0.05) is 15.9 Å². The minimum Gasteiger partial charge on any atom is -0.478 e. The molecule has 0 radical (unpaired) electrons. The summed E-state index contributed by atoms with van der Waals surface area (Å²) in [4.78, 5) is 11.1. The van der Waals surface area contributed by atoms with Crippen molar-refractivity contribution in [2.45, 2.75) is 32.7 Å². The number of halogens is 1. The van der Waals surface area contributed by atoms with Gasteiger partial charge in [0, 0.05) is 24.0 Å². The maximum atomic E-state index is 5.47. The Morgan fingerprint density at radius 1 is 1.47 bits per heavy atom. The molecule has 0 N–H and O–H groups in total. The first-order valence-corrected chi connectivity index (χ1v) is 7.17. The molecule has 17 heavy (non-hydrogen) atoms. The van der Waals surface area contributed by atoms with Gasteiger partial charge in [-0.15, -0.1) is 0 Å². The van der Waals surface area contributed by atoms with E-state index < -0.39 is 0 Å². The molecule has 1 aliphatic rings. The summed E-state index contributed by atoms with van der Waals surface area (Å²) in [6, 6.07) is 2.59. The third-order valence-corrected chi connectivity index (χ3v) is 3.06. The number of aromatic nitrogens is 2. The van der Waals surface area contributed by atoms with Crippen LogP contribution in [0.15, 0.2) is 6.07 Å². The number of hydrogen-bond donors (Lipinski definition) is 0. The van der Waals surface area contributed by atoms with Gasteiger partial charge in [0.2, 0.25) is 5.88 Å². The molecular formula is C12H18BrN3O. The van der Waals surface area contributed by atoms with Crippen LogP contribution >= 0.6 is 15.9 Å². The fourth-order valence-corrected chi connectivity index (χ4v) is 2.24. The lowest BCUT2D eigenvalue weighted by Crippen LogP contribution is -2.28. The molecule has 2 rings (SSSR count). The van der Waals surface area contributed by atoms with E-state index >= 15 is 0 Å². The standard InChI is InChI=1S/C12H18BrN3O/c1-3-17-12-8-11(14-9(2)15-12)16(7-6-13)10-4-5-10/h8,10H,3-7H2,1-2H3. The minimum absolute atomic E-state index is 0.637. The number of rotatable bonds is 6. The molecule has 4 nitrogen and oxygen atoms in total. The van der Waals surface area contributed by atoms with Gasteiger partial charge in [-0.25, -0.2) is 4.98 Å². The summed E-state index contributed by atoms with van der Waals surface area (Å²) in [6.45, 7) is 5.49. The molecule has 1 aliphatic carbocycles. The van der Waals surface area contributed by atoms with Crippen molar-refractivity contribution in [3.63, 3.8) is 0 Å². The molecule has 94 valence electrons. The van der Waals surface area contributed by atoms with Crippen LogP contribution in [0.2, 0.25) is 0 Å². The van der Waals surface area contributed by atoms with Gasteiger partial charge in [0.15, 0.2) is 0 Å². The predicted molar refractivity (Wildman–Crippen MR) is 72.1 cm³/mol. The second-order valence-electron chi connectivity index (χ2n) is 4.16. The molecule has 0 amide bonds. The summed E-state index contributed by atoms with van der Waals surface area (Å²) in [5, 5.41) is 0.955. The molecule has 0 saturated heterocycles. The van der Waals surface area contributed by atoms with Crippen molar-refractivity contribution >= 4 is 21.7 Å². The summed E-state index contributed by atoms with van der Waals surface area (Å²) in [5.41, 5.74) is 0. The quantitative estimate of drug-likeness (QED) is 0.757. The van der Waals surface area contributed by atoms with Crippen LogP contribution < -0.4 is 9.64 Å². The molecule has 0 bridgehead atoms. The summed E-state index contributed by atoms with van der Waals surface area (Å²) in [6.07, 6.45) is 2.53. The molecule has 0 spiro atoms. The largest absolute Gasteiger partial charge is 0.478 e. The Bertz CT molecular complexity index is 382. The SMILES string of the molecule is CCOc1cc(N(CCBr)C2CC2)nc(C)n1. The molecule has 1 aromatic rings. The van der Waals surface area contributed by atoms with E-state index in [1.165, 1.54) is 12.8 Å². The van der Waals surface area contributed by atoms with Crippen molar-refractivity contribution in [2.75, 3.05) is 23.4 Å². The third-order valence-electron chi connectivity index (χ3n) is 2.70. The highest BCUT2D eigenvalue weighted by Crippen LogP contribution is 2.31. The Hall–Kier alpha value is -0.840. The van der Waals surface area contributed by atoms with Crippen LogP contribution in [0.4, 0.5) is 5.82 Å². The smallest absolute Gasteiger partial charge is 0.218 e. The second-order valence-corrected chi connectivity index (χ2v) is 4.95. The molecule has 0 atom stereocenters. The maximum Gasteiger partial charge on any atom is 0.218 e. The van der Waals surface area contributed by atoms with Crippen molar-refractivity contribution < 1.29 is 4.74 Å². The molecule has 1 aromatic heterocycles. The Labute approximate surface area is 111 Å². The van der Waals surface area contributed by atoms with Gasteiger partial charge in [0.1, 0.15) is 11.6 Å². The zero-order chi connectivity index (χ0) is 12.3. The highest BCUT2D eigenvalue weighted by molar-refractivity contribution is 9.09. The van der Waals surface area contributed by atoms with Crippen molar-refractivity contribution in [1.82, 2.24) is 9.97 Å². The fourth-order valence-electron chi connectivity index (χ4n) is 1.86. The molecule has 1 heterocycles. The molecule has 0 aliphatic heterocycles. The van der Waals surface area contributed by atoms with E-state index in [0.717, 1.165) is 23.5 Å². The molecular weight excluding hydrogens is 282 g/mol. The highest BCUT2D eigenvalue weighted by Gasteiger charge is 2.30. The molecule has 1 fully saturated rings. The zero-order valence-corrected chi connectivity index (χ0v) is 11.9. The van der Waals surface area contributed by atoms with Gasteiger partial charge in [-0.3, -0.25) is 0 Å². The molecule has 0 aromatic carbocycles. The predicted octanol–water partition coefficient (Wildman–Crippen LogP) is 2.55. The average Bonchev–Trinajstić information content (AvgIpc) is 3.09. The number of aryl methyl sites for hydroxylation is 1. The average molecular weight is 300 g/mol. The summed E-state index contributed by atoms with van der Waals surface area (Å²) in [5.74, 6) is 2.43. The molecule has 5 heteroatoms. The monoisotopic (exact) mass is 299 g/mol. The highest BCUT2D eigenvalue weighted by atomic mass is 79.9. The summed E-state index contributed by atoms with van der Waals surface area (Å²) in [7, 11) is 0. The van der Waals surface area contributed by atoms with Gasteiger partial charge in [0.25, 0.3) is 0 Å². The number of ether oxygens (including phenoxy) is 1. The summed E-state index contributed by atoms with van der Waals surface area (Å²) < 4.78 is 5.47. The number of alkyl halides is 1. The van der Waals surface area contributed by atoms with E-state index in [4.69, 9.17) is 4.74 Å². The third kappa shape index (κ3) is 3.31. The van der Waals surface area contributed by atoms with Crippen LogP contribution in [0, 0.1) is 6.92 Å². The van der Waals surface area contributed by atoms with E-state index in [-0.39, 0.29) is 0 Å². The lowest BCUT2D eigenvalue weighted by atomic mass is 10.4. The van der Waals surface area contributed by atoms with Gasteiger partial charge in [-0.05, 0) is 26.7 Å². The van der Waals surface area contributed by atoms with Crippen molar-refractivity contribution in [3.8, 4) is 5.88 Å². The van der Waals surface area contributed by atoms with E-state index in [1.54, 1.807) is 0 Å². The number of nitrogens with zero attached hydrogens (tertiary/aromatic N) is 3.